The lowest BCUT2D eigenvalue weighted by atomic mass is 10.2. The van der Waals surface area contributed by atoms with Crippen molar-refractivity contribution in [2.45, 2.75) is 25.9 Å². The molecular weight excluding hydrogens is 236 g/mol. The molecule has 1 unspecified atom stereocenters. The van der Waals surface area contributed by atoms with Crippen molar-refractivity contribution in [3.63, 3.8) is 0 Å². The molecule has 1 aromatic rings. The first-order chi connectivity index (χ1) is 8.43. The predicted molar refractivity (Wildman–Crippen MR) is 63.7 cm³/mol. The summed E-state index contributed by atoms with van der Waals surface area (Å²) >= 11 is 0. The van der Waals surface area contributed by atoms with Gasteiger partial charge in [0.25, 0.3) is 5.79 Å². The zero-order valence-electron chi connectivity index (χ0n) is 10.1. The zero-order chi connectivity index (χ0) is 13.3. The van der Waals surface area contributed by atoms with Gasteiger partial charge in [0.1, 0.15) is 11.5 Å². The Morgan fingerprint density at radius 2 is 1.94 bits per heavy atom. The van der Waals surface area contributed by atoms with Crippen LogP contribution in [0.3, 0.4) is 0 Å². The molecule has 0 bridgehead atoms. The van der Waals surface area contributed by atoms with Gasteiger partial charge in [-0.2, -0.15) is 10.1 Å². The maximum Gasteiger partial charge on any atom is 0.312 e. The van der Waals surface area contributed by atoms with E-state index in [0.717, 1.165) is 5.01 Å². The number of carbonyl (C=O) groups excluding carboxylic acids is 1. The van der Waals surface area contributed by atoms with Crippen LogP contribution in [0, 0.1) is 0 Å². The number of benzene rings is 1. The molecule has 1 aliphatic rings. The molecule has 0 spiro atoms. The second-order valence-electron chi connectivity index (χ2n) is 4.04. The molecule has 96 valence electrons. The Morgan fingerprint density at radius 1 is 1.33 bits per heavy atom. The molecule has 6 heteroatoms. The van der Waals surface area contributed by atoms with E-state index in [1.165, 1.54) is 6.92 Å². The Labute approximate surface area is 104 Å². The molecular formula is C12H14N2O4. The van der Waals surface area contributed by atoms with E-state index in [-0.39, 0.29) is 5.71 Å². The number of hydrogen-bond acceptors (Lipinski definition) is 5. The van der Waals surface area contributed by atoms with E-state index in [0.29, 0.717) is 5.75 Å². The molecule has 1 aliphatic heterocycles. The van der Waals surface area contributed by atoms with E-state index in [1.54, 1.807) is 31.2 Å². The third-order valence-electron chi connectivity index (χ3n) is 2.66. The highest BCUT2D eigenvalue weighted by Gasteiger charge is 2.48. The Kier molecular flexibility index (Phi) is 3.06. The zero-order valence-corrected chi connectivity index (χ0v) is 10.1. The van der Waals surface area contributed by atoms with E-state index in [4.69, 9.17) is 4.74 Å². The van der Waals surface area contributed by atoms with E-state index in [2.05, 4.69) is 5.10 Å². The second-order valence-corrected chi connectivity index (χ2v) is 4.04. The summed E-state index contributed by atoms with van der Waals surface area (Å²) in [5, 5.41) is 23.7. The van der Waals surface area contributed by atoms with E-state index < -0.39 is 17.9 Å². The fourth-order valence-electron chi connectivity index (χ4n) is 1.58. The molecule has 1 aromatic carbocycles. The minimum absolute atomic E-state index is 0.0731. The minimum atomic E-state index is -2.53. The maximum atomic E-state index is 11.7. The van der Waals surface area contributed by atoms with Crippen LogP contribution in [0.1, 0.15) is 13.8 Å². The summed E-state index contributed by atoms with van der Waals surface area (Å²) in [7, 11) is 0. The number of hydrazone groups is 1. The second kappa shape index (κ2) is 4.40. The number of rotatable bonds is 3. The molecule has 0 aliphatic carbocycles. The van der Waals surface area contributed by atoms with Crippen molar-refractivity contribution in [1.82, 2.24) is 5.01 Å². The van der Waals surface area contributed by atoms with Crippen molar-refractivity contribution in [3.8, 4) is 5.75 Å². The monoisotopic (exact) mass is 250 g/mol. The number of nitrogens with zero attached hydrogens (tertiary/aromatic N) is 2. The van der Waals surface area contributed by atoms with Crippen LogP contribution in [-0.4, -0.2) is 38.9 Å². The normalized spacial score (nSPS) is 19.7. The van der Waals surface area contributed by atoms with E-state index in [9.17, 15) is 15.0 Å². The largest absolute Gasteiger partial charge is 0.469 e. The Morgan fingerprint density at radius 3 is 2.44 bits per heavy atom. The van der Waals surface area contributed by atoms with Crippen LogP contribution in [0.5, 0.6) is 5.75 Å². The number of hydrogen-bond donors (Lipinski definition) is 2. The van der Waals surface area contributed by atoms with Crippen molar-refractivity contribution in [2.24, 2.45) is 5.10 Å². The molecule has 2 N–H and O–H groups in total. The highest BCUT2D eigenvalue weighted by Crippen LogP contribution is 2.22. The standard InChI is InChI=1S/C12H14N2O4/c1-8-12(16,17)11(15)14(13-8)9(2)18-10-6-4-3-5-7-10/h3-7,9,16-17H,1-2H3. The van der Waals surface area contributed by atoms with Crippen molar-refractivity contribution in [1.29, 1.82) is 0 Å². The summed E-state index contributed by atoms with van der Waals surface area (Å²) in [6.07, 6.45) is -0.726. The number of carbonyl (C=O) groups is 1. The highest BCUT2D eigenvalue weighted by molar-refractivity contribution is 6.12. The maximum absolute atomic E-state index is 11.7. The third kappa shape index (κ3) is 2.07. The SMILES string of the molecule is CC1=NN(C(C)Oc2ccccc2)C(=O)C1(O)O. The van der Waals surface area contributed by atoms with Gasteiger partial charge in [-0.15, -0.1) is 0 Å². The number of ether oxygens (including phenoxy) is 1. The molecule has 0 saturated heterocycles. The number of amides is 1. The topological polar surface area (TPSA) is 82.4 Å². The van der Waals surface area contributed by atoms with Crippen LogP contribution < -0.4 is 4.74 Å². The predicted octanol–water partition coefficient (Wildman–Crippen LogP) is 0.310. The van der Waals surface area contributed by atoms with Crippen molar-refractivity contribution >= 4 is 11.6 Å². The molecule has 2 rings (SSSR count). The molecule has 1 amide bonds. The first-order valence-corrected chi connectivity index (χ1v) is 5.48. The molecule has 18 heavy (non-hydrogen) atoms. The molecule has 0 aromatic heterocycles. The number of aliphatic hydroxyl groups is 2. The Bertz CT molecular complexity index is 484. The van der Waals surface area contributed by atoms with Crippen LogP contribution in [0.25, 0.3) is 0 Å². The van der Waals surface area contributed by atoms with E-state index >= 15 is 0 Å². The van der Waals surface area contributed by atoms with Crippen LogP contribution in [0.15, 0.2) is 35.4 Å². The first-order valence-electron chi connectivity index (χ1n) is 5.48. The average Bonchev–Trinajstić information content (AvgIpc) is 2.54. The fraction of sp³-hybridized carbons (Fsp3) is 0.333. The average molecular weight is 250 g/mol. The number of para-hydroxylation sites is 1. The van der Waals surface area contributed by atoms with Gasteiger partial charge >= 0.3 is 5.91 Å². The van der Waals surface area contributed by atoms with Gasteiger partial charge in [-0.05, 0) is 26.0 Å². The Hall–Kier alpha value is -1.92. The molecule has 1 heterocycles. The molecule has 0 radical (unpaired) electrons. The summed E-state index contributed by atoms with van der Waals surface area (Å²) < 4.78 is 5.49. The lowest BCUT2D eigenvalue weighted by molar-refractivity contribution is -0.174. The first kappa shape index (κ1) is 12.5. The van der Waals surface area contributed by atoms with Gasteiger partial charge in [-0.25, -0.2) is 0 Å². The third-order valence-corrected chi connectivity index (χ3v) is 2.66. The van der Waals surface area contributed by atoms with E-state index in [1.807, 2.05) is 6.07 Å². The molecule has 1 atom stereocenters. The minimum Gasteiger partial charge on any atom is -0.469 e. The van der Waals surface area contributed by atoms with Crippen LogP contribution >= 0.6 is 0 Å². The summed E-state index contributed by atoms with van der Waals surface area (Å²) in [5.41, 5.74) is -0.0731. The summed E-state index contributed by atoms with van der Waals surface area (Å²) in [5.74, 6) is -2.88. The van der Waals surface area contributed by atoms with Crippen molar-refractivity contribution in [2.75, 3.05) is 0 Å². The van der Waals surface area contributed by atoms with Gasteiger partial charge in [0.15, 0.2) is 6.23 Å². The van der Waals surface area contributed by atoms with Crippen LogP contribution in [-0.2, 0) is 4.79 Å². The molecule has 0 saturated carbocycles. The van der Waals surface area contributed by atoms with Crippen LogP contribution in [0.2, 0.25) is 0 Å². The van der Waals surface area contributed by atoms with Gasteiger partial charge in [-0.1, -0.05) is 18.2 Å². The summed E-state index contributed by atoms with van der Waals surface area (Å²) in [6, 6.07) is 8.90. The molecule has 0 fully saturated rings. The summed E-state index contributed by atoms with van der Waals surface area (Å²) in [4.78, 5) is 11.7. The quantitative estimate of drug-likeness (QED) is 0.756. The van der Waals surface area contributed by atoms with Crippen LogP contribution in [0.4, 0.5) is 0 Å². The lowest BCUT2D eigenvalue weighted by Crippen LogP contribution is -2.48. The van der Waals surface area contributed by atoms with Gasteiger partial charge in [0.05, 0.1) is 0 Å². The van der Waals surface area contributed by atoms with Crippen molar-refractivity contribution < 1.29 is 19.7 Å². The highest BCUT2D eigenvalue weighted by atomic mass is 16.5. The van der Waals surface area contributed by atoms with Crippen molar-refractivity contribution in [3.05, 3.63) is 30.3 Å². The fourth-order valence-corrected chi connectivity index (χ4v) is 1.58. The van der Waals surface area contributed by atoms with Gasteiger partial charge < -0.3 is 14.9 Å². The molecule has 6 nitrogen and oxygen atoms in total. The smallest absolute Gasteiger partial charge is 0.312 e. The van der Waals surface area contributed by atoms with Gasteiger partial charge in [0, 0.05) is 0 Å². The lowest BCUT2D eigenvalue weighted by Gasteiger charge is -2.23. The van der Waals surface area contributed by atoms with Gasteiger partial charge in [0.2, 0.25) is 0 Å². The Balaban J connectivity index is 2.12. The summed E-state index contributed by atoms with van der Waals surface area (Å²) in [6.45, 7) is 2.97. The van der Waals surface area contributed by atoms with Gasteiger partial charge in [-0.3, -0.25) is 4.79 Å².